The van der Waals surface area contributed by atoms with E-state index in [1.165, 1.54) is 16.7 Å². The summed E-state index contributed by atoms with van der Waals surface area (Å²) in [4.78, 5) is 14.1. The van der Waals surface area contributed by atoms with Gasteiger partial charge in [-0.1, -0.05) is 6.92 Å². The molecule has 0 aliphatic carbocycles. The molecule has 0 aromatic carbocycles. The van der Waals surface area contributed by atoms with Gasteiger partial charge in [-0.05, 0) is 27.2 Å². The third-order valence-electron chi connectivity index (χ3n) is 4.83. The highest BCUT2D eigenvalue weighted by atomic mass is 32.1. The SMILES string of the molecule is CCNC(=NCCc1nc(CC)c(C)s1)N1CCN(C(C)C(F)(F)F)CC1. The van der Waals surface area contributed by atoms with Gasteiger partial charge in [0.15, 0.2) is 5.96 Å². The van der Waals surface area contributed by atoms with Gasteiger partial charge in [-0.2, -0.15) is 13.2 Å². The lowest BCUT2D eigenvalue weighted by Gasteiger charge is -2.39. The van der Waals surface area contributed by atoms with Gasteiger partial charge in [0, 0.05) is 50.6 Å². The van der Waals surface area contributed by atoms with E-state index in [9.17, 15) is 13.2 Å². The molecule has 1 aromatic rings. The topological polar surface area (TPSA) is 43.8 Å². The van der Waals surface area contributed by atoms with Crippen LogP contribution < -0.4 is 5.32 Å². The van der Waals surface area contributed by atoms with Crippen LogP contribution in [0.5, 0.6) is 0 Å². The van der Waals surface area contributed by atoms with E-state index in [0.717, 1.165) is 36.0 Å². The van der Waals surface area contributed by atoms with Crippen molar-refractivity contribution in [1.82, 2.24) is 20.1 Å². The van der Waals surface area contributed by atoms with Crippen molar-refractivity contribution in [2.75, 3.05) is 39.3 Å². The number of guanidine groups is 1. The number of alkyl halides is 3. The molecule has 0 saturated carbocycles. The third kappa shape index (κ3) is 6.07. The van der Waals surface area contributed by atoms with Crippen LogP contribution in [0, 0.1) is 6.92 Å². The van der Waals surface area contributed by atoms with Crippen molar-refractivity contribution < 1.29 is 13.2 Å². The number of nitrogens with one attached hydrogen (secondary N) is 1. The smallest absolute Gasteiger partial charge is 0.357 e. The number of hydrogen-bond donors (Lipinski definition) is 1. The summed E-state index contributed by atoms with van der Waals surface area (Å²) in [6.07, 6.45) is -2.45. The van der Waals surface area contributed by atoms with Crippen molar-refractivity contribution in [2.45, 2.75) is 52.8 Å². The number of aliphatic imine (C=N–C) groups is 1. The summed E-state index contributed by atoms with van der Waals surface area (Å²) in [5.41, 5.74) is 1.15. The van der Waals surface area contributed by atoms with Crippen LogP contribution in [-0.2, 0) is 12.8 Å². The van der Waals surface area contributed by atoms with Crippen LogP contribution in [0.3, 0.4) is 0 Å². The highest BCUT2D eigenvalue weighted by Crippen LogP contribution is 2.25. The molecule has 1 fully saturated rings. The Balaban J connectivity index is 1.91. The number of nitrogens with zero attached hydrogens (tertiary/aromatic N) is 4. The van der Waals surface area contributed by atoms with Gasteiger partial charge in [-0.15, -0.1) is 11.3 Å². The molecule has 27 heavy (non-hydrogen) atoms. The Labute approximate surface area is 163 Å². The first-order valence-corrected chi connectivity index (χ1v) is 10.4. The minimum Gasteiger partial charge on any atom is -0.357 e. The Morgan fingerprint density at radius 2 is 1.93 bits per heavy atom. The molecule has 0 bridgehead atoms. The van der Waals surface area contributed by atoms with Crippen LogP contribution in [0.15, 0.2) is 4.99 Å². The summed E-state index contributed by atoms with van der Waals surface area (Å²) in [6.45, 7) is 10.6. The van der Waals surface area contributed by atoms with E-state index in [-0.39, 0.29) is 0 Å². The molecule has 1 saturated heterocycles. The molecule has 2 rings (SSSR count). The minimum atomic E-state index is -4.18. The molecule has 154 valence electrons. The fraction of sp³-hybridized carbons (Fsp3) is 0.778. The first kappa shape index (κ1) is 21.9. The van der Waals surface area contributed by atoms with Crippen molar-refractivity contribution in [3.05, 3.63) is 15.6 Å². The molecule has 0 radical (unpaired) electrons. The summed E-state index contributed by atoms with van der Waals surface area (Å²) in [7, 11) is 0. The molecule has 0 spiro atoms. The number of aromatic nitrogens is 1. The summed E-state index contributed by atoms with van der Waals surface area (Å²) >= 11 is 1.72. The van der Waals surface area contributed by atoms with Crippen molar-refractivity contribution in [3.8, 4) is 0 Å². The molecular formula is C18H30F3N5S. The van der Waals surface area contributed by atoms with E-state index in [2.05, 4.69) is 29.1 Å². The van der Waals surface area contributed by atoms with E-state index in [1.807, 2.05) is 11.8 Å². The minimum absolute atomic E-state index is 0.386. The quantitative estimate of drug-likeness (QED) is 0.584. The summed E-state index contributed by atoms with van der Waals surface area (Å²) in [6, 6.07) is -1.40. The standard InChI is InChI=1S/C18H30F3N5S/c1-5-15-13(3)27-16(24-15)7-8-23-17(22-6-2)26-11-9-25(10-12-26)14(4)18(19,20)21/h14H,5-12H2,1-4H3,(H,22,23). The molecule has 9 heteroatoms. The lowest BCUT2D eigenvalue weighted by Crippen LogP contribution is -2.56. The van der Waals surface area contributed by atoms with Gasteiger partial charge < -0.3 is 10.2 Å². The van der Waals surface area contributed by atoms with E-state index in [0.29, 0.717) is 32.7 Å². The molecule has 1 aromatic heterocycles. The van der Waals surface area contributed by atoms with Crippen molar-refractivity contribution in [2.24, 2.45) is 4.99 Å². The van der Waals surface area contributed by atoms with Crippen LogP contribution in [0.1, 0.15) is 36.3 Å². The lowest BCUT2D eigenvalue weighted by molar-refractivity contribution is -0.181. The Bertz CT molecular complexity index is 621. The largest absolute Gasteiger partial charge is 0.403 e. The Kier molecular flexibility index (Phi) is 7.91. The average Bonchev–Trinajstić information content (AvgIpc) is 2.99. The summed E-state index contributed by atoms with van der Waals surface area (Å²) in [5, 5.41) is 4.35. The molecule has 1 N–H and O–H groups in total. The second kappa shape index (κ2) is 9.73. The maximum atomic E-state index is 12.9. The average molecular weight is 406 g/mol. The molecular weight excluding hydrogens is 375 g/mol. The maximum absolute atomic E-state index is 12.9. The van der Waals surface area contributed by atoms with E-state index >= 15 is 0 Å². The molecule has 1 aliphatic heterocycles. The predicted octanol–water partition coefficient (Wildman–Crippen LogP) is 3.09. The first-order chi connectivity index (χ1) is 12.8. The molecule has 2 heterocycles. The van der Waals surface area contributed by atoms with Gasteiger partial charge in [0.05, 0.1) is 10.7 Å². The number of aryl methyl sites for hydroxylation is 2. The van der Waals surface area contributed by atoms with Crippen LogP contribution in [-0.4, -0.2) is 72.2 Å². The highest BCUT2D eigenvalue weighted by molar-refractivity contribution is 7.11. The second-order valence-corrected chi connectivity index (χ2v) is 7.98. The van der Waals surface area contributed by atoms with Crippen molar-refractivity contribution in [3.63, 3.8) is 0 Å². The number of halogens is 3. The molecule has 1 unspecified atom stereocenters. The van der Waals surface area contributed by atoms with Crippen molar-refractivity contribution in [1.29, 1.82) is 0 Å². The number of hydrogen-bond acceptors (Lipinski definition) is 4. The van der Waals surface area contributed by atoms with Gasteiger partial charge in [0.1, 0.15) is 6.04 Å². The number of piperazine rings is 1. The second-order valence-electron chi connectivity index (χ2n) is 6.69. The highest BCUT2D eigenvalue weighted by Gasteiger charge is 2.41. The zero-order chi connectivity index (χ0) is 20.0. The van der Waals surface area contributed by atoms with Crippen LogP contribution >= 0.6 is 11.3 Å². The number of rotatable bonds is 6. The monoisotopic (exact) mass is 405 g/mol. The molecule has 0 amide bonds. The summed E-state index contributed by atoms with van der Waals surface area (Å²) in [5.74, 6) is 0.779. The zero-order valence-corrected chi connectivity index (χ0v) is 17.4. The molecule has 1 aliphatic rings. The van der Waals surface area contributed by atoms with Gasteiger partial charge in [-0.25, -0.2) is 4.98 Å². The Morgan fingerprint density at radius 3 is 2.44 bits per heavy atom. The Hall–Kier alpha value is -1.35. The predicted molar refractivity (Wildman–Crippen MR) is 105 cm³/mol. The fourth-order valence-electron chi connectivity index (χ4n) is 3.13. The normalized spacial score (nSPS) is 18.0. The zero-order valence-electron chi connectivity index (χ0n) is 16.6. The molecule has 5 nitrogen and oxygen atoms in total. The van der Waals surface area contributed by atoms with Crippen molar-refractivity contribution >= 4 is 17.3 Å². The van der Waals surface area contributed by atoms with Crippen LogP contribution in [0.2, 0.25) is 0 Å². The van der Waals surface area contributed by atoms with Gasteiger partial charge in [0.25, 0.3) is 0 Å². The first-order valence-electron chi connectivity index (χ1n) is 9.55. The van der Waals surface area contributed by atoms with Gasteiger partial charge in [-0.3, -0.25) is 9.89 Å². The van der Waals surface area contributed by atoms with E-state index in [1.54, 1.807) is 11.3 Å². The van der Waals surface area contributed by atoms with Crippen LogP contribution in [0.25, 0.3) is 0 Å². The van der Waals surface area contributed by atoms with Crippen LogP contribution in [0.4, 0.5) is 13.2 Å². The lowest BCUT2D eigenvalue weighted by atomic mass is 10.2. The molecule has 1 atom stereocenters. The van der Waals surface area contributed by atoms with E-state index < -0.39 is 12.2 Å². The van der Waals surface area contributed by atoms with Gasteiger partial charge >= 0.3 is 6.18 Å². The summed E-state index contributed by atoms with van der Waals surface area (Å²) < 4.78 is 38.7. The number of thiazole rings is 1. The Morgan fingerprint density at radius 1 is 1.26 bits per heavy atom. The third-order valence-corrected chi connectivity index (χ3v) is 5.90. The fourth-order valence-corrected chi connectivity index (χ4v) is 4.14. The van der Waals surface area contributed by atoms with E-state index in [4.69, 9.17) is 0 Å². The maximum Gasteiger partial charge on any atom is 0.403 e. The van der Waals surface area contributed by atoms with Gasteiger partial charge in [0.2, 0.25) is 0 Å².